The molecule has 131 valence electrons. The Labute approximate surface area is 161 Å². The molecule has 6 heteroatoms. The van der Waals surface area contributed by atoms with Gasteiger partial charge in [-0.25, -0.2) is 0 Å². The Balaban J connectivity index is 0.00000242. The van der Waals surface area contributed by atoms with Crippen molar-refractivity contribution in [2.24, 2.45) is 11.8 Å². The van der Waals surface area contributed by atoms with Crippen LogP contribution in [0.1, 0.15) is 52.4 Å². The van der Waals surface area contributed by atoms with E-state index < -0.39 is 24.0 Å². The van der Waals surface area contributed by atoms with E-state index in [1.807, 2.05) is 0 Å². The fourth-order valence-corrected chi connectivity index (χ4v) is 14.0. The average molecular weight is 411 g/mol. The molecule has 0 aromatic heterocycles. The normalized spacial score (nSPS) is 21.0. The first-order chi connectivity index (χ1) is 10.0. The zero-order valence-corrected chi connectivity index (χ0v) is 19.0. The predicted octanol–water partition coefficient (Wildman–Crippen LogP) is -1.92. The minimum absolute atomic E-state index is 0. The molecular formula is C17H30Cl2NOSiTi. The first-order valence-electron chi connectivity index (χ1n) is 8.63. The fraction of sp³-hybridized carbons (Fsp3) is 0.706. The zero-order chi connectivity index (χ0) is 15.4. The third-order valence-corrected chi connectivity index (χ3v) is 16.2. The number of nitrogens with one attached hydrogen (secondary N) is 1. The van der Waals surface area contributed by atoms with E-state index in [4.69, 9.17) is 0 Å². The van der Waals surface area contributed by atoms with Crippen LogP contribution in [0.25, 0.3) is 0 Å². The average Bonchev–Trinajstić information content (AvgIpc) is 2.86. The molecule has 1 fully saturated rings. The molecule has 1 N–H and O–H groups in total. The van der Waals surface area contributed by atoms with Gasteiger partial charge >= 0.3 is 137 Å². The Bertz CT molecular complexity index is 448. The SMILES string of the molecule is CCC1=[C]([Ti+2]([NH]C(=O)C2CCCCC2)[SiH](C)C)C(C)C=C1.[Cl-].[Cl-]. The Morgan fingerprint density at radius 3 is 2.39 bits per heavy atom. The summed E-state index contributed by atoms with van der Waals surface area (Å²) in [7, 11) is 0. The monoisotopic (exact) mass is 410 g/mol. The summed E-state index contributed by atoms with van der Waals surface area (Å²) in [5, 5.41) is 0. The van der Waals surface area contributed by atoms with Crippen molar-refractivity contribution in [2.45, 2.75) is 65.5 Å². The number of hydrogen-bond donors (Lipinski definition) is 1. The topological polar surface area (TPSA) is 29.1 Å². The smallest absolute Gasteiger partial charge is 1.00 e. The van der Waals surface area contributed by atoms with Crippen molar-refractivity contribution in [3.05, 3.63) is 21.6 Å². The molecule has 2 aliphatic carbocycles. The molecule has 0 radical (unpaired) electrons. The van der Waals surface area contributed by atoms with E-state index >= 15 is 0 Å². The van der Waals surface area contributed by atoms with E-state index in [1.54, 1.807) is 3.88 Å². The van der Waals surface area contributed by atoms with Crippen LogP contribution in [0.3, 0.4) is 0 Å². The summed E-state index contributed by atoms with van der Waals surface area (Å²) in [6, 6.07) is 0. The zero-order valence-electron chi connectivity index (χ0n) is 14.8. The van der Waals surface area contributed by atoms with Gasteiger partial charge in [0.15, 0.2) is 0 Å². The Kier molecular flexibility index (Phi) is 11.4. The van der Waals surface area contributed by atoms with Crippen molar-refractivity contribution in [2.75, 3.05) is 0 Å². The van der Waals surface area contributed by atoms with Crippen LogP contribution in [-0.4, -0.2) is 12.6 Å². The summed E-state index contributed by atoms with van der Waals surface area (Å²) in [5.74, 6) is 1.27. The molecule has 1 unspecified atom stereocenters. The molecule has 1 saturated carbocycles. The third kappa shape index (κ3) is 6.04. The first kappa shape index (κ1) is 23.5. The number of carbonyl (C=O) groups is 1. The van der Waals surface area contributed by atoms with Crippen molar-refractivity contribution in [1.82, 2.24) is 3.80 Å². The summed E-state index contributed by atoms with van der Waals surface area (Å²) < 4.78 is 5.28. The molecule has 0 aliphatic heterocycles. The molecule has 23 heavy (non-hydrogen) atoms. The van der Waals surface area contributed by atoms with Gasteiger partial charge in [-0.3, -0.25) is 0 Å². The molecule has 0 aromatic carbocycles. The maximum atomic E-state index is 12.7. The largest absolute Gasteiger partial charge is 1.00 e. The third-order valence-electron chi connectivity index (χ3n) is 4.87. The molecule has 0 heterocycles. The fourth-order valence-electron chi connectivity index (χ4n) is 3.59. The van der Waals surface area contributed by atoms with E-state index in [1.165, 1.54) is 24.8 Å². The number of halogens is 2. The van der Waals surface area contributed by atoms with Gasteiger partial charge in [-0.05, 0) is 0 Å². The van der Waals surface area contributed by atoms with Crippen LogP contribution >= 0.6 is 0 Å². The van der Waals surface area contributed by atoms with Crippen LogP contribution in [0.4, 0.5) is 0 Å². The summed E-state index contributed by atoms with van der Waals surface area (Å²) in [5.41, 5.74) is 1.53. The minimum Gasteiger partial charge on any atom is -1.00 e. The summed E-state index contributed by atoms with van der Waals surface area (Å²) in [6.07, 6.45) is 11.8. The van der Waals surface area contributed by atoms with E-state index in [0.29, 0.717) is 17.7 Å². The van der Waals surface area contributed by atoms with Gasteiger partial charge < -0.3 is 24.8 Å². The van der Waals surface area contributed by atoms with Crippen molar-refractivity contribution in [1.29, 1.82) is 0 Å². The number of hydrogen-bond acceptors (Lipinski definition) is 1. The summed E-state index contributed by atoms with van der Waals surface area (Å²) in [6.45, 7) is 8.62. The number of carbonyl (C=O) groups excluding carboxylic acids is 1. The van der Waals surface area contributed by atoms with Gasteiger partial charge in [0.25, 0.3) is 0 Å². The Morgan fingerprint density at radius 2 is 1.87 bits per heavy atom. The van der Waals surface area contributed by atoms with Crippen LogP contribution in [0.5, 0.6) is 0 Å². The van der Waals surface area contributed by atoms with E-state index in [-0.39, 0.29) is 24.8 Å². The van der Waals surface area contributed by atoms with Gasteiger partial charge in [-0.1, -0.05) is 0 Å². The number of allylic oxidation sites excluding steroid dienone is 4. The van der Waals surface area contributed by atoms with Crippen LogP contribution in [0.15, 0.2) is 21.6 Å². The molecule has 1 amide bonds. The molecule has 0 aromatic rings. The standard InChI is InChI=1S/C8H11.C7H13NO.C2H7Si.2ClH.Ti/c1-3-8-5-4-7(2)6-8;8-7(9)6-4-2-1-3-5-6;1-3-2;;;/h4-5,7H,3H2,1-2H3;6H,1-5H2,(H2,8,9);3H,1-2H3;2*1H;/q;;;;;+3/p-3. The van der Waals surface area contributed by atoms with Gasteiger partial charge in [0, 0.05) is 0 Å². The van der Waals surface area contributed by atoms with Gasteiger partial charge in [0.05, 0.1) is 0 Å². The van der Waals surface area contributed by atoms with Gasteiger partial charge in [-0.15, -0.1) is 0 Å². The Hall–Kier alpha value is 0.461. The second-order valence-corrected chi connectivity index (χ2v) is 19.5. The molecule has 1 atom stereocenters. The van der Waals surface area contributed by atoms with Gasteiger partial charge in [0.2, 0.25) is 0 Å². The predicted molar refractivity (Wildman–Crippen MR) is 89.2 cm³/mol. The number of rotatable bonds is 5. The van der Waals surface area contributed by atoms with Crippen molar-refractivity contribution < 1.29 is 47.0 Å². The van der Waals surface area contributed by atoms with Crippen molar-refractivity contribution in [3.8, 4) is 0 Å². The second-order valence-electron chi connectivity index (χ2n) is 6.83. The molecule has 2 nitrogen and oxygen atoms in total. The summed E-state index contributed by atoms with van der Waals surface area (Å²) in [4.78, 5) is 12.7. The maximum absolute atomic E-state index is 12.7. The number of amides is 1. The molecule has 0 spiro atoms. The van der Waals surface area contributed by atoms with Crippen molar-refractivity contribution >= 4 is 12.6 Å². The van der Waals surface area contributed by atoms with Crippen LogP contribution in [0, 0.1) is 11.8 Å². The molecule has 2 rings (SSSR count). The molecule has 0 saturated heterocycles. The van der Waals surface area contributed by atoms with E-state index in [9.17, 15) is 4.79 Å². The van der Waals surface area contributed by atoms with Crippen LogP contribution in [0.2, 0.25) is 13.1 Å². The van der Waals surface area contributed by atoms with E-state index in [0.717, 1.165) is 19.3 Å². The maximum Gasteiger partial charge on any atom is -1.00 e. The quantitative estimate of drug-likeness (QED) is 0.526. The Morgan fingerprint density at radius 1 is 1.26 bits per heavy atom. The van der Waals surface area contributed by atoms with Crippen molar-refractivity contribution in [3.63, 3.8) is 0 Å². The minimum atomic E-state index is -1.58. The molecular weight excluding hydrogens is 381 g/mol. The van der Waals surface area contributed by atoms with E-state index in [2.05, 4.69) is 42.9 Å². The summed E-state index contributed by atoms with van der Waals surface area (Å²) >= 11 is -1.58. The molecule has 0 bridgehead atoms. The molecule has 2 aliphatic rings. The second kappa shape index (κ2) is 11.1. The van der Waals surface area contributed by atoms with Crippen LogP contribution in [-0.2, 0) is 22.2 Å². The van der Waals surface area contributed by atoms with Crippen LogP contribution < -0.4 is 28.6 Å². The van der Waals surface area contributed by atoms with Gasteiger partial charge in [-0.2, -0.15) is 0 Å². The first-order valence-corrected chi connectivity index (χ1v) is 15.8. The van der Waals surface area contributed by atoms with Gasteiger partial charge in [0.1, 0.15) is 0 Å².